The maximum atomic E-state index is 9.23. The number of hydrogen-bond acceptors (Lipinski definition) is 3. The summed E-state index contributed by atoms with van der Waals surface area (Å²) >= 11 is 5.86. The lowest BCUT2D eigenvalue weighted by Gasteiger charge is -2.22. The van der Waals surface area contributed by atoms with Crippen LogP contribution in [0.2, 0.25) is 5.02 Å². The van der Waals surface area contributed by atoms with Crippen molar-refractivity contribution in [1.29, 1.82) is 0 Å². The molecule has 0 fully saturated rings. The summed E-state index contributed by atoms with van der Waals surface area (Å²) in [5, 5.41) is 19.1. The van der Waals surface area contributed by atoms with Crippen molar-refractivity contribution < 1.29 is 10.2 Å². The van der Waals surface area contributed by atoms with E-state index in [0.29, 0.717) is 11.4 Å². The predicted octanol–water partition coefficient (Wildman–Crippen LogP) is 2.04. The Hall–Kier alpha value is -0.770. The maximum Gasteiger partial charge on any atom is 0.0702 e. The van der Waals surface area contributed by atoms with Crippen LogP contribution in [-0.4, -0.2) is 29.9 Å². The second-order valence-corrected chi connectivity index (χ2v) is 4.43. The third-order valence-corrected chi connectivity index (χ3v) is 2.74. The van der Waals surface area contributed by atoms with Gasteiger partial charge in [0.1, 0.15) is 0 Å². The lowest BCUT2D eigenvalue weighted by Crippen LogP contribution is -2.22. The zero-order valence-electron chi connectivity index (χ0n) is 9.65. The van der Waals surface area contributed by atoms with E-state index in [0.717, 1.165) is 17.8 Å². The molecule has 1 aromatic rings. The van der Waals surface area contributed by atoms with E-state index in [-0.39, 0.29) is 12.7 Å². The molecule has 0 saturated carbocycles. The molecular formula is C12H18ClNO2. The summed E-state index contributed by atoms with van der Waals surface area (Å²) in [7, 11) is 1.94. The van der Waals surface area contributed by atoms with Crippen LogP contribution in [-0.2, 0) is 6.61 Å². The summed E-state index contributed by atoms with van der Waals surface area (Å²) in [5.41, 5.74) is 1.76. The molecule has 90 valence electrons. The van der Waals surface area contributed by atoms with Crippen molar-refractivity contribution in [2.75, 3.05) is 18.5 Å². The molecule has 1 unspecified atom stereocenters. The minimum absolute atomic E-state index is 0.0328. The number of benzene rings is 1. The summed E-state index contributed by atoms with van der Waals surface area (Å²) in [6.07, 6.45) is 0.386. The fourth-order valence-corrected chi connectivity index (χ4v) is 1.75. The molecule has 1 rings (SSSR count). The first kappa shape index (κ1) is 13.3. The van der Waals surface area contributed by atoms with E-state index in [1.165, 1.54) is 0 Å². The van der Waals surface area contributed by atoms with Crippen LogP contribution in [0.5, 0.6) is 0 Å². The van der Waals surface area contributed by atoms with Crippen molar-refractivity contribution in [2.24, 2.45) is 0 Å². The second-order valence-electron chi connectivity index (χ2n) is 3.99. The molecule has 4 heteroatoms. The highest BCUT2D eigenvalue weighted by Gasteiger charge is 2.08. The first-order chi connectivity index (χ1) is 7.54. The Labute approximate surface area is 101 Å². The summed E-state index contributed by atoms with van der Waals surface area (Å²) in [6, 6.07) is 5.45. The van der Waals surface area contributed by atoms with Crippen molar-refractivity contribution in [3.05, 3.63) is 28.8 Å². The lowest BCUT2D eigenvalue weighted by atomic mass is 10.1. The van der Waals surface area contributed by atoms with Gasteiger partial charge in [-0.05, 0) is 31.5 Å². The number of anilines is 1. The number of aliphatic hydroxyl groups excluding tert-OH is 2. The first-order valence-corrected chi connectivity index (χ1v) is 5.71. The van der Waals surface area contributed by atoms with Crippen LogP contribution in [0.4, 0.5) is 5.69 Å². The molecule has 0 bridgehead atoms. The third kappa shape index (κ3) is 3.67. The van der Waals surface area contributed by atoms with Crippen LogP contribution in [0.15, 0.2) is 18.2 Å². The molecule has 0 radical (unpaired) electrons. The normalized spacial score (nSPS) is 12.6. The lowest BCUT2D eigenvalue weighted by molar-refractivity contribution is 0.187. The highest BCUT2D eigenvalue weighted by molar-refractivity contribution is 6.30. The van der Waals surface area contributed by atoms with E-state index in [2.05, 4.69) is 0 Å². The average Bonchev–Trinajstić information content (AvgIpc) is 2.25. The Morgan fingerprint density at radius 2 is 2.12 bits per heavy atom. The fraction of sp³-hybridized carbons (Fsp3) is 0.500. The largest absolute Gasteiger partial charge is 0.393 e. The molecular weight excluding hydrogens is 226 g/mol. The number of rotatable bonds is 5. The molecule has 0 heterocycles. The van der Waals surface area contributed by atoms with Crippen LogP contribution < -0.4 is 4.90 Å². The van der Waals surface area contributed by atoms with Crippen molar-refractivity contribution >= 4 is 17.3 Å². The van der Waals surface area contributed by atoms with Gasteiger partial charge in [0, 0.05) is 29.9 Å². The maximum absolute atomic E-state index is 9.23. The smallest absolute Gasteiger partial charge is 0.0702 e. The molecule has 16 heavy (non-hydrogen) atoms. The zero-order chi connectivity index (χ0) is 12.1. The van der Waals surface area contributed by atoms with E-state index in [4.69, 9.17) is 11.6 Å². The fourth-order valence-electron chi connectivity index (χ4n) is 1.55. The van der Waals surface area contributed by atoms with Crippen molar-refractivity contribution in [3.63, 3.8) is 0 Å². The zero-order valence-corrected chi connectivity index (χ0v) is 10.4. The van der Waals surface area contributed by atoms with Crippen LogP contribution in [0.3, 0.4) is 0 Å². The van der Waals surface area contributed by atoms with Crippen molar-refractivity contribution in [2.45, 2.75) is 26.1 Å². The topological polar surface area (TPSA) is 43.7 Å². The SMILES string of the molecule is CC(O)CCN(C)c1ccc(Cl)cc1CO. The van der Waals surface area contributed by atoms with Crippen LogP contribution >= 0.6 is 11.6 Å². The number of nitrogens with zero attached hydrogens (tertiary/aromatic N) is 1. The molecule has 0 aliphatic heterocycles. The highest BCUT2D eigenvalue weighted by Crippen LogP contribution is 2.23. The van der Waals surface area contributed by atoms with Crippen LogP contribution in [0.25, 0.3) is 0 Å². The molecule has 0 aliphatic rings. The highest BCUT2D eigenvalue weighted by atomic mass is 35.5. The van der Waals surface area contributed by atoms with Crippen molar-refractivity contribution in [1.82, 2.24) is 0 Å². The summed E-state index contributed by atoms with van der Waals surface area (Å²) in [5.74, 6) is 0. The summed E-state index contributed by atoms with van der Waals surface area (Å²) < 4.78 is 0. The van der Waals surface area contributed by atoms with Gasteiger partial charge in [-0.15, -0.1) is 0 Å². The molecule has 3 nitrogen and oxygen atoms in total. The molecule has 0 spiro atoms. The molecule has 0 aromatic heterocycles. The Morgan fingerprint density at radius 1 is 1.44 bits per heavy atom. The van der Waals surface area contributed by atoms with Crippen molar-refractivity contribution in [3.8, 4) is 0 Å². The summed E-state index contributed by atoms with van der Waals surface area (Å²) in [6.45, 7) is 2.48. The quantitative estimate of drug-likeness (QED) is 0.832. The van der Waals surface area contributed by atoms with Gasteiger partial charge in [-0.25, -0.2) is 0 Å². The first-order valence-electron chi connectivity index (χ1n) is 5.33. The van der Waals surface area contributed by atoms with Gasteiger partial charge < -0.3 is 15.1 Å². The Kier molecular flexibility index (Phi) is 5.06. The Balaban J connectivity index is 2.77. The van der Waals surface area contributed by atoms with Gasteiger partial charge in [0.2, 0.25) is 0 Å². The molecule has 0 amide bonds. The predicted molar refractivity (Wildman–Crippen MR) is 66.9 cm³/mol. The number of halogens is 1. The van der Waals surface area contributed by atoms with E-state index in [1.807, 2.05) is 18.0 Å². The van der Waals surface area contributed by atoms with E-state index in [1.54, 1.807) is 19.1 Å². The monoisotopic (exact) mass is 243 g/mol. The van der Waals surface area contributed by atoms with Gasteiger partial charge in [-0.2, -0.15) is 0 Å². The summed E-state index contributed by atoms with van der Waals surface area (Å²) in [4.78, 5) is 2.01. The van der Waals surface area contributed by atoms with E-state index in [9.17, 15) is 10.2 Å². The molecule has 2 N–H and O–H groups in total. The molecule has 0 aliphatic carbocycles. The molecule has 0 saturated heterocycles. The Bertz CT molecular complexity index is 342. The van der Waals surface area contributed by atoms with E-state index < -0.39 is 0 Å². The van der Waals surface area contributed by atoms with Crippen LogP contribution in [0, 0.1) is 0 Å². The van der Waals surface area contributed by atoms with Gasteiger partial charge in [-0.1, -0.05) is 11.6 Å². The van der Waals surface area contributed by atoms with Gasteiger partial charge >= 0.3 is 0 Å². The van der Waals surface area contributed by atoms with Gasteiger partial charge in [0.05, 0.1) is 12.7 Å². The third-order valence-electron chi connectivity index (χ3n) is 2.51. The minimum atomic E-state index is -0.313. The van der Waals surface area contributed by atoms with Gasteiger partial charge in [0.25, 0.3) is 0 Å². The number of aliphatic hydroxyl groups is 2. The van der Waals surface area contributed by atoms with E-state index >= 15 is 0 Å². The Morgan fingerprint density at radius 3 is 2.69 bits per heavy atom. The average molecular weight is 244 g/mol. The molecule has 1 aromatic carbocycles. The molecule has 1 atom stereocenters. The van der Waals surface area contributed by atoms with Crippen LogP contribution in [0.1, 0.15) is 18.9 Å². The second kappa shape index (κ2) is 6.09. The minimum Gasteiger partial charge on any atom is -0.393 e. The standard InChI is InChI=1S/C12H18ClNO2/c1-9(16)5-6-14(2)12-4-3-11(13)7-10(12)8-15/h3-4,7,9,15-16H,5-6,8H2,1-2H3. The number of hydrogen-bond donors (Lipinski definition) is 2. The van der Waals surface area contributed by atoms with Gasteiger partial charge in [-0.3, -0.25) is 0 Å². The van der Waals surface area contributed by atoms with Gasteiger partial charge in [0.15, 0.2) is 0 Å².